The molecular formula is C17H21FN2O2S. The number of furan rings is 1. The Balaban J connectivity index is 1.57. The highest BCUT2D eigenvalue weighted by Gasteiger charge is 2.33. The molecule has 2 aromatic heterocycles. The smallest absolute Gasteiger partial charge is 0.226 e. The summed E-state index contributed by atoms with van der Waals surface area (Å²) in [4.78, 5) is 17.4. The molecule has 3 heterocycles. The van der Waals surface area contributed by atoms with Crippen molar-refractivity contribution in [3.8, 4) is 0 Å². The van der Waals surface area contributed by atoms with Crippen LogP contribution in [0, 0.1) is 0 Å². The number of thiophene rings is 1. The summed E-state index contributed by atoms with van der Waals surface area (Å²) in [5.41, 5.74) is 0.868. The molecule has 1 saturated heterocycles. The van der Waals surface area contributed by atoms with Gasteiger partial charge in [-0.1, -0.05) is 6.07 Å². The summed E-state index contributed by atoms with van der Waals surface area (Å²) in [6.45, 7) is 1.77. The topological polar surface area (TPSA) is 36.7 Å². The first-order valence-corrected chi connectivity index (χ1v) is 8.65. The molecule has 2 atom stereocenters. The fourth-order valence-corrected chi connectivity index (χ4v) is 3.76. The van der Waals surface area contributed by atoms with E-state index in [0.29, 0.717) is 25.9 Å². The van der Waals surface area contributed by atoms with Crippen LogP contribution in [0.3, 0.4) is 0 Å². The Bertz CT molecular complexity index is 615. The van der Waals surface area contributed by atoms with Crippen LogP contribution in [0.15, 0.2) is 40.5 Å². The Hall–Kier alpha value is -1.66. The molecule has 1 aliphatic heterocycles. The van der Waals surface area contributed by atoms with E-state index >= 15 is 0 Å². The van der Waals surface area contributed by atoms with Crippen LogP contribution in [0.1, 0.15) is 16.9 Å². The third-order valence-corrected chi connectivity index (χ3v) is 5.12. The Morgan fingerprint density at radius 2 is 2.39 bits per heavy atom. The third-order valence-electron chi connectivity index (χ3n) is 4.26. The summed E-state index contributed by atoms with van der Waals surface area (Å²) in [7, 11) is 1.79. The van der Waals surface area contributed by atoms with E-state index in [-0.39, 0.29) is 11.9 Å². The monoisotopic (exact) mass is 336 g/mol. The average Bonchev–Trinajstić information content (AvgIpc) is 3.23. The number of amides is 1. The van der Waals surface area contributed by atoms with Gasteiger partial charge in [-0.15, -0.1) is 11.3 Å². The van der Waals surface area contributed by atoms with Gasteiger partial charge in [0.25, 0.3) is 0 Å². The van der Waals surface area contributed by atoms with E-state index in [4.69, 9.17) is 4.42 Å². The lowest BCUT2D eigenvalue weighted by molar-refractivity contribution is -0.129. The summed E-state index contributed by atoms with van der Waals surface area (Å²) in [6, 6.07) is 5.95. The molecule has 4 nitrogen and oxygen atoms in total. The number of hydrogen-bond donors (Lipinski definition) is 0. The zero-order valence-electron chi connectivity index (χ0n) is 13.2. The van der Waals surface area contributed by atoms with Gasteiger partial charge in [0.15, 0.2) is 0 Å². The van der Waals surface area contributed by atoms with Gasteiger partial charge in [0, 0.05) is 37.6 Å². The van der Waals surface area contributed by atoms with E-state index in [1.54, 1.807) is 41.9 Å². The zero-order valence-corrected chi connectivity index (χ0v) is 14.0. The number of alkyl halides is 1. The molecule has 0 saturated carbocycles. The van der Waals surface area contributed by atoms with Crippen molar-refractivity contribution in [1.82, 2.24) is 9.80 Å². The number of carbonyl (C=O) groups excluding carboxylic acids is 1. The van der Waals surface area contributed by atoms with Crippen LogP contribution in [0.5, 0.6) is 0 Å². The first-order chi connectivity index (χ1) is 11.1. The molecule has 1 fully saturated rings. The van der Waals surface area contributed by atoms with Crippen molar-refractivity contribution in [2.45, 2.75) is 31.6 Å². The van der Waals surface area contributed by atoms with E-state index in [1.807, 2.05) is 11.4 Å². The van der Waals surface area contributed by atoms with Crippen molar-refractivity contribution in [2.75, 3.05) is 20.1 Å². The maximum Gasteiger partial charge on any atom is 0.226 e. The first-order valence-electron chi connectivity index (χ1n) is 7.77. The lowest BCUT2D eigenvalue weighted by Crippen LogP contribution is -2.41. The molecule has 124 valence electrons. The number of likely N-dealkylation sites (tertiary alicyclic amines) is 1. The van der Waals surface area contributed by atoms with Gasteiger partial charge in [0.2, 0.25) is 5.91 Å². The molecule has 0 radical (unpaired) electrons. The van der Waals surface area contributed by atoms with Crippen LogP contribution in [0.2, 0.25) is 0 Å². The van der Waals surface area contributed by atoms with Crippen LogP contribution in [0.4, 0.5) is 4.39 Å². The van der Waals surface area contributed by atoms with Crippen molar-refractivity contribution < 1.29 is 13.6 Å². The van der Waals surface area contributed by atoms with Crippen molar-refractivity contribution in [3.63, 3.8) is 0 Å². The Labute approximate surface area is 139 Å². The number of nitrogens with zero attached hydrogens (tertiary/aromatic N) is 2. The molecule has 1 aliphatic rings. The highest BCUT2D eigenvalue weighted by atomic mass is 32.1. The van der Waals surface area contributed by atoms with Gasteiger partial charge in [-0.25, -0.2) is 4.39 Å². The van der Waals surface area contributed by atoms with E-state index in [9.17, 15) is 9.18 Å². The molecule has 2 aromatic rings. The lowest BCUT2D eigenvalue weighted by atomic mass is 10.1. The minimum atomic E-state index is -0.808. The second-order valence-electron chi connectivity index (χ2n) is 6.08. The van der Waals surface area contributed by atoms with Gasteiger partial charge < -0.3 is 9.32 Å². The minimum Gasteiger partial charge on any atom is -0.472 e. The van der Waals surface area contributed by atoms with Crippen LogP contribution < -0.4 is 0 Å². The SMILES string of the molecule is CN(C[C@@H]1C[C@H](F)CN1Cc1cccs1)C(=O)Cc1ccoc1. The molecule has 0 aliphatic carbocycles. The van der Waals surface area contributed by atoms with Crippen molar-refractivity contribution in [3.05, 3.63) is 46.5 Å². The molecule has 0 N–H and O–H groups in total. The Morgan fingerprint density at radius 1 is 1.52 bits per heavy atom. The largest absolute Gasteiger partial charge is 0.472 e. The fourth-order valence-electron chi connectivity index (χ4n) is 3.03. The third kappa shape index (κ3) is 4.20. The van der Waals surface area contributed by atoms with Crippen LogP contribution in [0.25, 0.3) is 0 Å². The molecular weight excluding hydrogens is 315 g/mol. The first kappa shape index (κ1) is 16.2. The second kappa shape index (κ2) is 7.27. The van der Waals surface area contributed by atoms with E-state index in [0.717, 1.165) is 12.1 Å². The van der Waals surface area contributed by atoms with Gasteiger partial charge in [-0.3, -0.25) is 9.69 Å². The van der Waals surface area contributed by atoms with Crippen LogP contribution in [-0.2, 0) is 17.8 Å². The second-order valence-corrected chi connectivity index (χ2v) is 7.11. The standard InChI is InChI=1S/C17H21FN2O2S/c1-19(17(21)7-13-4-5-22-12-13)10-15-8-14(18)9-20(15)11-16-3-2-6-23-16/h2-6,12,14-15H,7-11H2,1H3/t14-,15-/m0/s1. The summed E-state index contributed by atoms with van der Waals surface area (Å²) in [5, 5.41) is 2.04. The summed E-state index contributed by atoms with van der Waals surface area (Å²) >= 11 is 1.69. The molecule has 0 spiro atoms. The molecule has 0 unspecified atom stereocenters. The number of rotatable bonds is 6. The van der Waals surface area contributed by atoms with Crippen molar-refractivity contribution in [2.24, 2.45) is 0 Å². The molecule has 0 aromatic carbocycles. The predicted molar refractivity (Wildman–Crippen MR) is 88.1 cm³/mol. The van der Waals surface area contributed by atoms with Gasteiger partial charge in [0.1, 0.15) is 6.17 Å². The molecule has 0 bridgehead atoms. The summed E-state index contributed by atoms with van der Waals surface area (Å²) in [6.07, 6.45) is 3.16. The van der Waals surface area contributed by atoms with Gasteiger partial charge in [-0.2, -0.15) is 0 Å². The van der Waals surface area contributed by atoms with Gasteiger partial charge in [-0.05, 0) is 29.5 Å². The fraction of sp³-hybridized carbons (Fsp3) is 0.471. The molecule has 23 heavy (non-hydrogen) atoms. The van der Waals surface area contributed by atoms with Crippen LogP contribution in [-0.4, -0.2) is 48.1 Å². The Morgan fingerprint density at radius 3 is 3.09 bits per heavy atom. The molecule has 1 amide bonds. The van der Waals surface area contributed by atoms with E-state index in [2.05, 4.69) is 11.0 Å². The number of likely N-dealkylation sites (N-methyl/N-ethyl adjacent to an activating group) is 1. The normalized spacial score (nSPS) is 21.7. The number of halogens is 1. The highest BCUT2D eigenvalue weighted by Crippen LogP contribution is 2.25. The quantitative estimate of drug-likeness (QED) is 0.814. The van der Waals surface area contributed by atoms with Gasteiger partial charge >= 0.3 is 0 Å². The zero-order chi connectivity index (χ0) is 16.2. The lowest BCUT2D eigenvalue weighted by Gasteiger charge is -2.28. The van der Waals surface area contributed by atoms with Gasteiger partial charge in [0.05, 0.1) is 18.9 Å². The van der Waals surface area contributed by atoms with Crippen molar-refractivity contribution in [1.29, 1.82) is 0 Å². The molecule has 6 heteroatoms. The van der Waals surface area contributed by atoms with Crippen molar-refractivity contribution >= 4 is 17.2 Å². The maximum absolute atomic E-state index is 13.9. The predicted octanol–water partition coefficient (Wildman–Crippen LogP) is 2.95. The van der Waals surface area contributed by atoms with E-state index < -0.39 is 6.17 Å². The summed E-state index contributed by atoms with van der Waals surface area (Å²) in [5.74, 6) is 0.0322. The van der Waals surface area contributed by atoms with Crippen LogP contribution >= 0.6 is 11.3 Å². The number of carbonyl (C=O) groups is 1. The minimum absolute atomic E-state index is 0.0322. The maximum atomic E-state index is 13.9. The Kier molecular flexibility index (Phi) is 5.13. The highest BCUT2D eigenvalue weighted by molar-refractivity contribution is 7.09. The molecule has 3 rings (SSSR count). The van der Waals surface area contributed by atoms with E-state index in [1.165, 1.54) is 4.88 Å². The average molecular weight is 336 g/mol. The number of hydrogen-bond acceptors (Lipinski definition) is 4. The summed E-state index contributed by atoms with van der Waals surface area (Å²) < 4.78 is 18.8.